The molecule has 1 aromatic heterocycles. The highest BCUT2D eigenvalue weighted by Crippen LogP contribution is 2.51. The summed E-state index contributed by atoms with van der Waals surface area (Å²) in [5.41, 5.74) is 7.60. The Bertz CT molecular complexity index is 2370. The van der Waals surface area contributed by atoms with Crippen molar-refractivity contribution in [3.63, 3.8) is 0 Å². The third kappa shape index (κ3) is 10.6. The van der Waals surface area contributed by atoms with Gasteiger partial charge >= 0.3 is 0 Å². The lowest BCUT2D eigenvalue weighted by atomic mass is 10.1. The molecule has 17 heteroatoms. The molecule has 0 saturated carbocycles. The summed E-state index contributed by atoms with van der Waals surface area (Å²) < 4.78 is 35.1. The van der Waals surface area contributed by atoms with Crippen LogP contribution in [-0.2, 0) is 25.3 Å². The van der Waals surface area contributed by atoms with Gasteiger partial charge in [-0.3, -0.25) is 10.1 Å². The molecule has 1 aliphatic heterocycles. The predicted octanol–water partition coefficient (Wildman–Crippen LogP) is 9.03. The van der Waals surface area contributed by atoms with E-state index in [9.17, 15) is 10.5 Å². The summed E-state index contributed by atoms with van der Waals surface area (Å²) in [5.74, 6) is 3.75. The first-order valence-corrected chi connectivity index (χ1v) is 23.2. The summed E-state index contributed by atoms with van der Waals surface area (Å²) in [6.07, 6.45) is 12.0. The Hall–Kier alpha value is -4.66. The maximum absolute atomic E-state index is 10.4. The van der Waals surface area contributed by atoms with Crippen molar-refractivity contribution in [3.8, 4) is 23.0 Å². The van der Waals surface area contributed by atoms with E-state index in [2.05, 4.69) is 106 Å². The number of para-hydroxylation sites is 2. The van der Waals surface area contributed by atoms with Crippen LogP contribution < -0.4 is 43.8 Å². The van der Waals surface area contributed by atoms with Gasteiger partial charge in [-0.05, 0) is 66.8 Å². The van der Waals surface area contributed by atoms with E-state index in [1.165, 1.54) is 11.1 Å². The largest absolute Gasteiger partial charge is 0.691 e. The predicted molar refractivity (Wildman–Crippen MR) is 243 cm³/mol. The Kier molecular flexibility index (Phi) is 16.6. The number of thioether (sulfide) groups is 1. The van der Waals surface area contributed by atoms with Crippen LogP contribution in [0.1, 0.15) is 30.7 Å². The van der Waals surface area contributed by atoms with E-state index in [4.69, 9.17) is 18.9 Å². The van der Waals surface area contributed by atoms with Crippen molar-refractivity contribution in [2.24, 2.45) is 0 Å². The molecule has 2 heterocycles. The fourth-order valence-corrected chi connectivity index (χ4v) is 10.4. The van der Waals surface area contributed by atoms with E-state index in [1.807, 2.05) is 36.4 Å². The second kappa shape index (κ2) is 22.6. The number of hydrogen-bond acceptors (Lipinski definition) is 16. The van der Waals surface area contributed by atoms with Gasteiger partial charge in [0.15, 0.2) is 29.5 Å². The molecule has 13 nitrogen and oxygen atoms in total. The normalized spacial score (nSPS) is 15.1. The van der Waals surface area contributed by atoms with E-state index in [1.54, 1.807) is 51.5 Å². The molecule has 0 amide bonds. The van der Waals surface area contributed by atoms with Crippen LogP contribution in [-0.4, -0.2) is 46.5 Å². The number of benzene rings is 4. The average molecular weight is 917 g/mol. The second-order valence-electron chi connectivity index (χ2n) is 13.7. The fraction of sp³-hybridized carbons (Fsp3) is 0.267. The summed E-state index contributed by atoms with van der Waals surface area (Å²) >= 11 is 5.32. The molecule has 4 aromatic carbocycles. The molecule has 62 heavy (non-hydrogen) atoms. The van der Waals surface area contributed by atoms with Gasteiger partial charge in [-0.25, -0.2) is 0 Å². The van der Waals surface area contributed by atoms with Gasteiger partial charge in [0.2, 0.25) is 5.52 Å². The van der Waals surface area contributed by atoms with Crippen molar-refractivity contribution >= 4 is 80.5 Å². The molecular weight excluding hydrogens is 871 g/mol. The number of thiazole rings is 1. The standard InChI is InChI=1S/C45H47N3O10S4/c1-51-37-27-35-41(29-39(37)53-3)61-43(46(35)23-11-25-59-57-55-49)21-19-31-17-18-32(45(31)48(33-13-7-5-8-14-33)34-15-9-6-10-16-34)20-22-44-47(24-12-26-60-58-56-50)36-28-38(52-2)40(54-4)30-42(36)62-44/h5-10,13-16,19-22,27-30H,11-12,17-18,23-26H2,1-4H3,(H-,49,50)/p-1. The Morgan fingerprint density at radius 2 is 1.34 bits per heavy atom. The fourth-order valence-electron chi connectivity index (χ4n) is 7.47. The molecule has 1 aliphatic carbocycles. The van der Waals surface area contributed by atoms with Gasteiger partial charge in [0.05, 0.1) is 50.9 Å². The molecule has 0 fully saturated rings. The third-order valence-corrected chi connectivity index (χ3v) is 13.7. The maximum atomic E-state index is 10.4. The summed E-state index contributed by atoms with van der Waals surface area (Å²) in [6, 6.07) is 28.9. The zero-order chi connectivity index (χ0) is 43.3. The number of hydrogen-bond donors (Lipinski definition) is 0. The molecular formula is C45H46N3O10S4-. The van der Waals surface area contributed by atoms with Crippen molar-refractivity contribution in [3.05, 3.63) is 130 Å². The van der Waals surface area contributed by atoms with Crippen molar-refractivity contribution in [1.82, 2.24) is 0 Å². The van der Waals surface area contributed by atoms with Crippen LogP contribution in [0.3, 0.4) is 0 Å². The van der Waals surface area contributed by atoms with Crippen LogP contribution in [0.2, 0.25) is 0 Å². The number of aryl methyl sites for hydroxylation is 1. The van der Waals surface area contributed by atoms with E-state index < -0.39 is 0 Å². The van der Waals surface area contributed by atoms with E-state index in [0.717, 1.165) is 97.7 Å². The summed E-state index contributed by atoms with van der Waals surface area (Å²) in [6.45, 7) is 1.34. The van der Waals surface area contributed by atoms with Crippen LogP contribution in [0.4, 0.5) is 17.1 Å². The van der Waals surface area contributed by atoms with Crippen molar-refractivity contribution in [2.45, 2.75) is 37.1 Å². The summed E-state index contributed by atoms with van der Waals surface area (Å²) in [7, 11) is 6.55. The van der Waals surface area contributed by atoms with Crippen LogP contribution in [0.15, 0.2) is 130 Å². The number of allylic oxidation sites excluding steroid dienone is 5. The van der Waals surface area contributed by atoms with Gasteiger partial charge in [0, 0.05) is 89.1 Å². The summed E-state index contributed by atoms with van der Waals surface area (Å²) in [5, 5.41) is 30.1. The van der Waals surface area contributed by atoms with E-state index in [0.29, 0.717) is 47.6 Å². The maximum Gasteiger partial charge on any atom is 0.262 e. The SMILES string of the molecule is COc1cc2c(cc1OC)N(CCCSOO[O-])/C(=C/C=C1\CCC(/C=C/c3sc4cc(OC)c(OC)cc4[n+]3CCCSOO[O-])=C1N(c1ccccc1)c1ccccc1)S2. The highest BCUT2D eigenvalue weighted by atomic mass is 32.2. The quantitative estimate of drug-likeness (QED) is 0.0215. The highest BCUT2D eigenvalue weighted by Gasteiger charge is 2.30. The Morgan fingerprint density at radius 1 is 0.726 bits per heavy atom. The Morgan fingerprint density at radius 3 is 1.98 bits per heavy atom. The molecule has 7 rings (SSSR count). The molecule has 0 spiro atoms. The van der Waals surface area contributed by atoms with Crippen molar-refractivity contribution < 1.29 is 52.8 Å². The lowest BCUT2D eigenvalue weighted by molar-refractivity contribution is -0.777. The zero-order valence-corrected chi connectivity index (χ0v) is 37.9. The number of ether oxygens (including phenoxy) is 4. The first-order chi connectivity index (χ1) is 30.5. The van der Waals surface area contributed by atoms with Crippen molar-refractivity contribution in [1.29, 1.82) is 0 Å². The molecule has 2 aliphatic rings. The summed E-state index contributed by atoms with van der Waals surface area (Å²) in [4.78, 5) is 5.67. The minimum Gasteiger partial charge on any atom is -0.691 e. The van der Waals surface area contributed by atoms with E-state index in [-0.39, 0.29) is 0 Å². The number of methoxy groups -OCH3 is 4. The monoisotopic (exact) mass is 916 g/mol. The smallest absolute Gasteiger partial charge is 0.262 e. The van der Waals surface area contributed by atoms with Crippen molar-refractivity contribution in [2.75, 3.05) is 56.3 Å². The lowest BCUT2D eigenvalue weighted by Crippen LogP contribution is -2.35. The van der Waals surface area contributed by atoms with Crippen LogP contribution in [0.5, 0.6) is 23.0 Å². The number of anilines is 3. The lowest BCUT2D eigenvalue weighted by Gasteiger charge is -2.28. The molecule has 326 valence electrons. The van der Waals surface area contributed by atoms with Gasteiger partial charge in [0.1, 0.15) is 4.70 Å². The Labute approximate surface area is 377 Å². The Balaban J connectivity index is 1.33. The highest BCUT2D eigenvalue weighted by molar-refractivity contribution is 8.03. The number of rotatable bonds is 22. The van der Waals surface area contributed by atoms with E-state index >= 15 is 0 Å². The first kappa shape index (κ1) is 45.4. The third-order valence-electron chi connectivity index (χ3n) is 10.2. The number of nitrogens with zero attached hydrogens (tertiary/aromatic N) is 3. The second-order valence-corrected chi connectivity index (χ2v) is 17.4. The molecule has 0 atom stereocenters. The number of fused-ring (bicyclic) bond motifs is 2. The molecule has 5 aromatic rings. The van der Waals surface area contributed by atoms with Gasteiger partial charge < -0.3 is 39.3 Å². The van der Waals surface area contributed by atoms with Gasteiger partial charge in [-0.15, -0.1) is 0 Å². The molecule has 0 radical (unpaired) electrons. The molecule has 0 bridgehead atoms. The zero-order valence-electron chi connectivity index (χ0n) is 34.6. The van der Waals surface area contributed by atoms with Gasteiger partial charge in [-0.2, -0.15) is 13.2 Å². The minimum atomic E-state index is 0.566. The van der Waals surface area contributed by atoms with Crippen LogP contribution in [0, 0.1) is 0 Å². The molecule has 0 N–H and O–H groups in total. The van der Waals surface area contributed by atoms with Crippen LogP contribution in [0.25, 0.3) is 16.3 Å². The first-order valence-electron chi connectivity index (χ1n) is 19.7. The van der Waals surface area contributed by atoms with Crippen LogP contribution >= 0.6 is 47.2 Å². The molecule has 0 unspecified atom stereocenters. The minimum absolute atomic E-state index is 0.566. The van der Waals surface area contributed by atoms with Gasteiger partial charge in [0.25, 0.3) is 5.01 Å². The average Bonchev–Trinajstić information content (AvgIpc) is 3.98. The van der Waals surface area contributed by atoms with Gasteiger partial charge in [-0.1, -0.05) is 65.6 Å². The molecule has 0 saturated heterocycles. The topological polar surface area (TPSA) is 130 Å². The number of aromatic nitrogens is 1.